The first-order chi connectivity index (χ1) is 7.66. The number of aromatic nitrogens is 1. The molecule has 2 rings (SSSR count). The van der Waals surface area contributed by atoms with E-state index in [-0.39, 0.29) is 11.6 Å². The van der Waals surface area contributed by atoms with Gasteiger partial charge in [0, 0.05) is 12.4 Å². The minimum atomic E-state index is -1.25. The Labute approximate surface area is 89.9 Å². The van der Waals surface area contributed by atoms with Gasteiger partial charge < -0.3 is 9.84 Å². The number of aliphatic imine (C=N–C) groups is 1. The summed E-state index contributed by atoms with van der Waals surface area (Å²) in [5.41, 5.74) is 0.288. The summed E-state index contributed by atoms with van der Waals surface area (Å²) in [5.74, 6) is -1.96. The van der Waals surface area contributed by atoms with E-state index in [1.807, 2.05) is 0 Å². The summed E-state index contributed by atoms with van der Waals surface area (Å²) in [5, 5.41) is 8.48. The molecule has 0 aliphatic carbocycles. The highest BCUT2D eigenvalue weighted by atomic mass is 16.6. The summed E-state index contributed by atoms with van der Waals surface area (Å²) in [7, 11) is 0. The number of hydrogen-bond donors (Lipinski definition) is 1. The van der Waals surface area contributed by atoms with Crippen LogP contribution in [-0.2, 0) is 14.3 Å². The number of carboxylic acids is 1. The number of ether oxygens (including phenoxy) is 1. The Kier molecular flexibility index (Phi) is 2.47. The minimum absolute atomic E-state index is 0.0607. The first-order valence-corrected chi connectivity index (χ1v) is 4.33. The van der Waals surface area contributed by atoms with Crippen molar-refractivity contribution in [2.24, 2.45) is 4.99 Å². The van der Waals surface area contributed by atoms with Gasteiger partial charge in [0.15, 0.2) is 5.70 Å². The smallest absolute Gasteiger partial charge is 0.364 e. The number of esters is 1. The maximum atomic E-state index is 11.2. The van der Waals surface area contributed by atoms with Crippen LogP contribution in [-0.4, -0.2) is 27.9 Å². The van der Waals surface area contributed by atoms with Gasteiger partial charge in [-0.25, -0.2) is 14.6 Å². The third-order valence-corrected chi connectivity index (χ3v) is 1.79. The molecule has 16 heavy (non-hydrogen) atoms. The fourth-order valence-corrected chi connectivity index (χ4v) is 1.14. The van der Waals surface area contributed by atoms with Crippen molar-refractivity contribution >= 4 is 17.8 Å². The van der Waals surface area contributed by atoms with Gasteiger partial charge in [-0.2, -0.15) is 0 Å². The molecule has 1 N–H and O–H groups in total. The van der Waals surface area contributed by atoms with Crippen LogP contribution in [0.4, 0.5) is 0 Å². The van der Waals surface area contributed by atoms with Crippen LogP contribution in [0.25, 0.3) is 0 Å². The number of carbonyl (C=O) groups is 2. The molecular formula is C10H6N2O4. The predicted octanol–water partition coefficient (Wildman–Crippen LogP) is 0.353. The van der Waals surface area contributed by atoms with Crippen molar-refractivity contribution in [3.05, 3.63) is 41.9 Å². The Balaban J connectivity index is 2.34. The zero-order valence-electron chi connectivity index (χ0n) is 7.95. The second kappa shape index (κ2) is 3.93. The average molecular weight is 218 g/mol. The van der Waals surface area contributed by atoms with Crippen LogP contribution in [0.2, 0.25) is 0 Å². The number of nitrogens with zero attached hydrogens (tertiary/aromatic N) is 2. The van der Waals surface area contributed by atoms with Crippen LogP contribution in [0.3, 0.4) is 0 Å². The highest BCUT2D eigenvalue weighted by molar-refractivity contribution is 6.12. The van der Waals surface area contributed by atoms with Crippen molar-refractivity contribution in [1.29, 1.82) is 0 Å². The van der Waals surface area contributed by atoms with Gasteiger partial charge in [0.1, 0.15) is 0 Å². The molecule has 0 saturated carbocycles. The van der Waals surface area contributed by atoms with Crippen molar-refractivity contribution in [2.45, 2.75) is 0 Å². The van der Waals surface area contributed by atoms with Gasteiger partial charge in [-0.05, 0) is 12.1 Å². The molecule has 0 amide bonds. The van der Waals surface area contributed by atoms with Crippen molar-refractivity contribution in [3.8, 4) is 0 Å². The molecule has 6 heteroatoms. The molecule has 0 fully saturated rings. The Morgan fingerprint density at radius 1 is 1.50 bits per heavy atom. The van der Waals surface area contributed by atoms with E-state index in [4.69, 9.17) is 9.84 Å². The fourth-order valence-electron chi connectivity index (χ4n) is 1.14. The van der Waals surface area contributed by atoms with Gasteiger partial charge in [-0.3, -0.25) is 4.98 Å². The zero-order valence-corrected chi connectivity index (χ0v) is 7.95. The molecular weight excluding hydrogens is 212 g/mol. The lowest BCUT2D eigenvalue weighted by atomic mass is 10.3. The summed E-state index contributed by atoms with van der Waals surface area (Å²) in [6, 6.07) is 3.31. The second-order valence-corrected chi connectivity index (χ2v) is 2.92. The Morgan fingerprint density at radius 3 is 2.94 bits per heavy atom. The Bertz CT molecular complexity index is 505. The summed E-state index contributed by atoms with van der Waals surface area (Å²) in [6.07, 6.45) is 3.73. The number of hydrogen-bond acceptors (Lipinski definition) is 5. The van der Waals surface area contributed by atoms with E-state index in [1.54, 1.807) is 18.3 Å². The maximum absolute atomic E-state index is 11.2. The molecule has 0 unspecified atom stereocenters. The summed E-state index contributed by atoms with van der Waals surface area (Å²) < 4.78 is 4.80. The third-order valence-electron chi connectivity index (χ3n) is 1.79. The SMILES string of the molecule is O=C(O)/C=C1/N=C(c2cccnc2)OC1=O. The van der Waals surface area contributed by atoms with Crippen molar-refractivity contribution in [1.82, 2.24) is 4.98 Å². The van der Waals surface area contributed by atoms with Crippen LogP contribution in [0.15, 0.2) is 41.3 Å². The summed E-state index contributed by atoms with van der Waals surface area (Å²) in [4.78, 5) is 29.2. The van der Waals surface area contributed by atoms with E-state index >= 15 is 0 Å². The summed E-state index contributed by atoms with van der Waals surface area (Å²) >= 11 is 0. The van der Waals surface area contributed by atoms with E-state index in [0.29, 0.717) is 11.6 Å². The lowest BCUT2D eigenvalue weighted by Crippen LogP contribution is -2.06. The molecule has 0 spiro atoms. The number of rotatable bonds is 2. The number of pyridine rings is 1. The molecule has 0 radical (unpaired) electrons. The largest absolute Gasteiger partial charge is 0.478 e. The van der Waals surface area contributed by atoms with E-state index in [1.165, 1.54) is 6.20 Å². The monoisotopic (exact) mass is 218 g/mol. The van der Waals surface area contributed by atoms with Gasteiger partial charge in [0.2, 0.25) is 5.90 Å². The maximum Gasteiger partial charge on any atom is 0.364 e. The molecule has 1 aromatic rings. The molecule has 0 atom stereocenters. The van der Waals surface area contributed by atoms with E-state index in [2.05, 4.69) is 9.98 Å². The Morgan fingerprint density at radius 2 is 2.31 bits per heavy atom. The first-order valence-electron chi connectivity index (χ1n) is 4.33. The van der Waals surface area contributed by atoms with Crippen LogP contribution >= 0.6 is 0 Å². The molecule has 0 aromatic carbocycles. The number of cyclic esters (lactones) is 1. The molecule has 0 saturated heterocycles. The highest BCUT2D eigenvalue weighted by Crippen LogP contribution is 2.15. The molecule has 2 heterocycles. The molecule has 0 bridgehead atoms. The summed E-state index contributed by atoms with van der Waals surface area (Å²) in [6.45, 7) is 0. The van der Waals surface area contributed by atoms with E-state index in [9.17, 15) is 9.59 Å². The minimum Gasteiger partial charge on any atom is -0.478 e. The number of carbonyl (C=O) groups excluding carboxylic acids is 1. The first kappa shape index (κ1) is 10.0. The quantitative estimate of drug-likeness (QED) is 0.571. The van der Waals surface area contributed by atoms with Gasteiger partial charge in [0.05, 0.1) is 11.6 Å². The number of aliphatic carboxylic acids is 1. The zero-order chi connectivity index (χ0) is 11.5. The van der Waals surface area contributed by atoms with E-state index in [0.717, 1.165) is 0 Å². The van der Waals surface area contributed by atoms with Crippen molar-refractivity contribution < 1.29 is 19.4 Å². The molecule has 1 aromatic heterocycles. The fraction of sp³-hybridized carbons (Fsp3) is 0. The second-order valence-electron chi connectivity index (χ2n) is 2.92. The average Bonchev–Trinajstić information content (AvgIpc) is 2.61. The van der Waals surface area contributed by atoms with Gasteiger partial charge in [-0.1, -0.05) is 0 Å². The van der Waals surface area contributed by atoms with Crippen LogP contribution in [0, 0.1) is 0 Å². The van der Waals surface area contributed by atoms with Gasteiger partial charge >= 0.3 is 11.9 Å². The van der Waals surface area contributed by atoms with Crippen molar-refractivity contribution in [2.75, 3.05) is 0 Å². The van der Waals surface area contributed by atoms with Gasteiger partial charge in [0.25, 0.3) is 0 Å². The Hall–Kier alpha value is -2.50. The molecule has 1 aliphatic rings. The topological polar surface area (TPSA) is 88.8 Å². The van der Waals surface area contributed by atoms with Crippen LogP contribution in [0.1, 0.15) is 5.56 Å². The molecule has 80 valence electrons. The predicted molar refractivity (Wildman–Crippen MR) is 52.6 cm³/mol. The lowest BCUT2D eigenvalue weighted by molar-refractivity contribution is -0.133. The number of carboxylic acid groups (broad SMARTS) is 1. The van der Waals surface area contributed by atoms with Gasteiger partial charge in [-0.15, -0.1) is 0 Å². The molecule has 1 aliphatic heterocycles. The standard InChI is InChI=1S/C10H6N2O4/c13-8(14)4-7-10(15)16-9(12-7)6-2-1-3-11-5-6/h1-5H,(H,13,14)/b7-4+. The highest BCUT2D eigenvalue weighted by Gasteiger charge is 2.24. The van der Waals surface area contributed by atoms with E-state index < -0.39 is 11.9 Å². The molecule has 6 nitrogen and oxygen atoms in total. The third kappa shape index (κ3) is 1.95. The lowest BCUT2D eigenvalue weighted by Gasteiger charge is -1.96. The van der Waals surface area contributed by atoms with Crippen LogP contribution in [0.5, 0.6) is 0 Å². The van der Waals surface area contributed by atoms with Crippen LogP contribution < -0.4 is 0 Å². The normalized spacial score (nSPS) is 17.1. The van der Waals surface area contributed by atoms with Crippen molar-refractivity contribution in [3.63, 3.8) is 0 Å².